The number of hydrogen-bond donors (Lipinski definition) is 3. The topological polar surface area (TPSA) is 84.4 Å². The van der Waals surface area contributed by atoms with Crippen LogP contribution >= 0.6 is 0 Å². The Labute approximate surface area is 125 Å². The van der Waals surface area contributed by atoms with E-state index in [4.69, 9.17) is 5.11 Å². The van der Waals surface area contributed by atoms with Crippen LogP contribution in [0.1, 0.15) is 33.1 Å². The first-order chi connectivity index (χ1) is 7.57. The standard InChI is InChI=1S/C11H22N2O3.Na/c1-3-4-5-10(14)8-12-6-7-13-9(2)11(15)16;/h8-9,12-14H,3-7H2,1-2H3,(H,15,16);/q;+1/p-1/b10-8-;. The van der Waals surface area contributed by atoms with Crippen LogP contribution in [0.4, 0.5) is 0 Å². The van der Waals surface area contributed by atoms with E-state index >= 15 is 0 Å². The van der Waals surface area contributed by atoms with E-state index in [2.05, 4.69) is 10.6 Å². The molecule has 0 rings (SSSR count). The van der Waals surface area contributed by atoms with Gasteiger partial charge in [0.1, 0.15) is 6.04 Å². The Morgan fingerprint density at radius 3 is 2.65 bits per heavy atom. The predicted molar refractivity (Wildman–Crippen MR) is 60.7 cm³/mol. The van der Waals surface area contributed by atoms with E-state index in [1.807, 2.05) is 6.92 Å². The van der Waals surface area contributed by atoms with E-state index < -0.39 is 12.0 Å². The average molecular weight is 252 g/mol. The number of rotatable bonds is 9. The van der Waals surface area contributed by atoms with Gasteiger partial charge in [-0.3, -0.25) is 4.79 Å². The van der Waals surface area contributed by atoms with E-state index in [1.165, 1.54) is 6.20 Å². The summed E-state index contributed by atoms with van der Waals surface area (Å²) in [5.74, 6) is -0.781. The first-order valence-electron chi connectivity index (χ1n) is 5.63. The van der Waals surface area contributed by atoms with Crippen molar-refractivity contribution in [3.8, 4) is 0 Å². The Morgan fingerprint density at radius 1 is 1.47 bits per heavy atom. The third kappa shape index (κ3) is 12.0. The van der Waals surface area contributed by atoms with E-state index in [0.29, 0.717) is 19.5 Å². The maximum atomic E-state index is 11.2. The number of hydrogen-bond acceptors (Lipinski definition) is 4. The van der Waals surface area contributed by atoms with Crippen molar-refractivity contribution in [1.82, 2.24) is 10.6 Å². The molecule has 0 fully saturated rings. The number of carboxylic acid groups (broad SMARTS) is 1. The Morgan fingerprint density at radius 2 is 2.12 bits per heavy atom. The number of carboxylic acids is 1. The fourth-order valence-corrected chi connectivity index (χ4v) is 1.06. The van der Waals surface area contributed by atoms with Crippen LogP contribution in [-0.2, 0) is 4.79 Å². The van der Waals surface area contributed by atoms with Crippen molar-refractivity contribution in [3.63, 3.8) is 0 Å². The fourth-order valence-electron chi connectivity index (χ4n) is 1.06. The minimum atomic E-state index is -0.872. The molecule has 0 aromatic rings. The molecule has 0 radical (unpaired) electrons. The zero-order valence-corrected chi connectivity index (χ0v) is 13.0. The van der Waals surface area contributed by atoms with Crippen molar-refractivity contribution in [2.24, 2.45) is 0 Å². The SMILES string of the molecule is CCCC/C([O-])=C/NCCNC(C)C(=O)O.[Na+]. The van der Waals surface area contributed by atoms with Crippen LogP contribution in [-0.4, -0.2) is 30.2 Å². The summed E-state index contributed by atoms with van der Waals surface area (Å²) in [7, 11) is 0. The third-order valence-electron chi connectivity index (χ3n) is 2.13. The molecule has 6 heteroatoms. The minimum absolute atomic E-state index is 0. The first-order valence-corrected chi connectivity index (χ1v) is 5.63. The Bertz CT molecular complexity index is 235. The van der Waals surface area contributed by atoms with Crippen LogP contribution in [0.5, 0.6) is 0 Å². The van der Waals surface area contributed by atoms with Gasteiger partial charge < -0.3 is 20.8 Å². The van der Waals surface area contributed by atoms with Crippen LogP contribution in [0.2, 0.25) is 0 Å². The van der Waals surface area contributed by atoms with Gasteiger partial charge >= 0.3 is 35.5 Å². The molecule has 1 atom stereocenters. The molecule has 0 aromatic carbocycles. The average Bonchev–Trinajstić information content (AvgIpc) is 2.25. The molecule has 3 N–H and O–H groups in total. The van der Waals surface area contributed by atoms with Gasteiger partial charge in [-0.1, -0.05) is 19.8 Å². The van der Waals surface area contributed by atoms with Gasteiger partial charge in [-0.15, -0.1) is 5.76 Å². The summed E-state index contributed by atoms with van der Waals surface area (Å²) in [6.45, 7) is 4.69. The van der Waals surface area contributed by atoms with Gasteiger partial charge in [-0.05, 0) is 19.5 Å². The normalized spacial score (nSPS) is 12.7. The Kier molecular flexibility index (Phi) is 13.8. The van der Waals surface area contributed by atoms with Crippen molar-refractivity contribution in [2.45, 2.75) is 39.2 Å². The molecular weight excluding hydrogens is 231 g/mol. The summed E-state index contributed by atoms with van der Waals surface area (Å²) in [5.41, 5.74) is 0. The summed E-state index contributed by atoms with van der Waals surface area (Å²) in [4.78, 5) is 10.4. The molecule has 0 aliphatic carbocycles. The molecule has 0 saturated heterocycles. The quantitative estimate of drug-likeness (QED) is 0.232. The molecule has 0 bridgehead atoms. The summed E-state index contributed by atoms with van der Waals surface area (Å²) in [5, 5.41) is 25.4. The zero-order valence-electron chi connectivity index (χ0n) is 11.0. The summed E-state index contributed by atoms with van der Waals surface area (Å²) in [6.07, 6.45) is 3.95. The smallest absolute Gasteiger partial charge is 0.874 e. The van der Waals surface area contributed by atoms with E-state index in [9.17, 15) is 9.90 Å². The number of allylic oxidation sites excluding steroid dienone is 1. The molecule has 0 heterocycles. The van der Waals surface area contributed by atoms with Gasteiger partial charge in [-0.2, -0.15) is 0 Å². The molecule has 0 aliphatic heterocycles. The first kappa shape index (κ1) is 19.1. The monoisotopic (exact) mass is 252 g/mol. The zero-order chi connectivity index (χ0) is 12.4. The van der Waals surface area contributed by atoms with Gasteiger partial charge in [-0.25, -0.2) is 0 Å². The van der Waals surface area contributed by atoms with Gasteiger partial charge in [0.05, 0.1) is 0 Å². The number of carbonyl (C=O) groups is 1. The van der Waals surface area contributed by atoms with Crippen molar-refractivity contribution in [3.05, 3.63) is 12.0 Å². The molecule has 94 valence electrons. The molecule has 0 aromatic heterocycles. The molecule has 5 nitrogen and oxygen atoms in total. The van der Waals surface area contributed by atoms with Crippen molar-refractivity contribution in [1.29, 1.82) is 0 Å². The second-order valence-corrected chi connectivity index (χ2v) is 3.68. The van der Waals surface area contributed by atoms with Gasteiger partial charge in [0.2, 0.25) is 0 Å². The van der Waals surface area contributed by atoms with Crippen molar-refractivity contribution >= 4 is 5.97 Å². The summed E-state index contributed by atoms with van der Waals surface area (Å²) in [6, 6.07) is -0.558. The van der Waals surface area contributed by atoms with Gasteiger partial charge in [0.25, 0.3) is 0 Å². The third-order valence-corrected chi connectivity index (χ3v) is 2.13. The molecule has 0 amide bonds. The van der Waals surface area contributed by atoms with Gasteiger partial charge in [0, 0.05) is 13.1 Å². The maximum Gasteiger partial charge on any atom is 1.00 e. The Hall–Kier alpha value is -0.230. The van der Waals surface area contributed by atoms with Crippen LogP contribution < -0.4 is 45.3 Å². The largest absolute Gasteiger partial charge is 1.00 e. The molecule has 17 heavy (non-hydrogen) atoms. The second kappa shape index (κ2) is 12.2. The van der Waals surface area contributed by atoms with E-state index in [-0.39, 0.29) is 35.3 Å². The number of nitrogens with one attached hydrogen (secondary N) is 2. The summed E-state index contributed by atoms with van der Waals surface area (Å²) >= 11 is 0. The van der Waals surface area contributed by atoms with Crippen LogP contribution in [0, 0.1) is 0 Å². The fraction of sp³-hybridized carbons (Fsp3) is 0.727. The van der Waals surface area contributed by atoms with Crippen LogP contribution in [0.15, 0.2) is 12.0 Å². The van der Waals surface area contributed by atoms with E-state index in [0.717, 1.165) is 12.8 Å². The van der Waals surface area contributed by atoms with Crippen molar-refractivity contribution in [2.75, 3.05) is 13.1 Å². The second-order valence-electron chi connectivity index (χ2n) is 3.68. The Balaban J connectivity index is 0. The van der Waals surface area contributed by atoms with Gasteiger partial charge in [0.15, 0.2) is 0 Å². The predicted octanol–water partition coefficient (Wildman–Crippen LogP) is -2.97. The van der Waals surface area contributed by atoms with E-state index in [1.54, 1.807) is 6.92 Å². The summed E-state index contributed by atoms with van der Waals surface area (Å²) < 4.78 is 0. The minimum Gasteiger partial charge on any atom is -0.874 e. The molecule has 1 unspecified atom stereocenters. The number of aliphatic carboxylic acids is 1. The maximum absolute atomic E-state index is 11.2. The number of unbranched alkanes of at least 4 members (excludes halogenated alkanes) is 1. The molecule has 0 spiro atoms. The van der Waals surface area contributed by atoms with Crippen LogP contribution in [0.25, 0.3) is 0 Å². The molecule has 0 saturated carbocycles. The molecular formula is C11H21N2NaO3. The van der Waals surface area contributed by atoms with Crippen molar-refractivity contribution < 1.29 is 44.6 Å². The van der Waals surface area contributed by atoms with Crippen LogP contribution in [0.3, 0.4) is 0 Å². The molecule has 0 aliphatic rings.